The molecule has 1 saturated heterocycles. The van der Waals surface area contributed by atoms with Gasteiger partial charge in [-0.25, -0.2) is 18.6 Å². The van der Waals surface area contributed by atoms with Gasteiger partial charge in [-0.05, 0) is 36.8 Å². The van der Waals surface area contributed by atoms with Crippen molar-refractivity contribution >= 4 is 28.6 Å². The van der Waals surface area contributed by atoms with Gasteiger partial charge in [-0.1, -0.05) is 42.0 Å². The van der Waals surface area contributed by atoms with Crippen LogP contribution in [0.1, 0.15) is 11.1 Å². The summed E-state index contributed by atoms with van der Waals surface area (Å²) in [7, 11) is 0. The Bertz CT molecular complexity index is 1480. The normalized spacial score (nSPS) is 13.8. The smallest absolute Gasteiger partial charge is 0.322 e. The molecule has 1 fully saturated rings. The molecular weight excluding hydrogens is 464 g/mol. The highest BCUT2D eigenvalue weighted by Gasteiger charge is 2.25. The molecule has 184 valence electrons. The van der Waals surface area contributed by atoms with E-state index in [-0.39, 0.29) is 11.2 Å². The Kier molecular flexibility index (Phi) is 6.37. The predicted octanol–water partition coefficient (Wildman–Crippen LogP) is 4.39. The van der Waals surface area contributed by atoms with E-state index in [1.54, 1.807) is 4.57 Å². The van der Waals surface area contributed by atoms with Crippen LogP contribution in [0.5, 0.6) is 0 Å². The van der Waals surface area contributed by atoms with Crippen LogP contribution in [0.3, 0.4) is 0 Å². The summed E-state index contributed by atoms with van der Waals surface area (Å²) in [6.07, 6.45) is 0. The van der Waals surface area contributed by atoms with E-state index >= 15 is 0 Å². The highest BCUT2D eigenvalue weighted by atomic mass is 19.1. The summed E-state index contributed by atoms with van der Waals surface area (Å²) in [6.45, 7) is 3.86. The van der Waals surface area contributed by atoms with E-state index < -0.39 is 17.7 Å². The van der Waals surface area contributed by atoms with Crippen LogP contribution in [-0.2, 0) is 6.54 Å². The number of amides is 2. The summed E-state index contributed by atoms with van der Waals surface area (Å²) in [6, 6.07) is 18.1. The van der Waals surface area contributed by atoms with Gasteiger partial charge in [-0.2, -0.15) is 0 Å². The molecule has 2 amide bonds. The van der Waals surface area contributed by atoms with Crippen molar-refractivity contribution in [3.63, 3.8) is 0 Å². The fourth-order valence-corrected chi connectivity index (χ4v) is 4.32. The Hall–Kier alpha value is -4.27. The molecule has 1 aliphatic heterocycles. The lowest BCUT2D eigenvalue weighted by molar-refractivity contribution is 0.208. The van der Waals surface area contributed by atoms with Crippen molar-refractivity contribution in [1.82, 2.24) is 14.5 Å². The first-order chi connectivity index (χ1) is 17.4. The summed E-state index contributed by atoms with van der Waals surface area (Å²) in [5, 5.41) is 2.48. The lowest BCUT2D eigenvalue weighted by Crippen LogP contribution is -2.51. The van der Waals surface area contributed by atoms with Crippen molar-refractivity contribution in [1.29, 1.82) is 0 Å². The van der Waals surface area contributed by atoms with Gasteiger partial charge in [0.25, 0.3) is 5.56 Å². The van der Waals surface area contributed by atoms with E-state index in [1.165, 1.54) is 11.0 Å². The van der Waals surface area contributed by atoms with Crippen LogP contribution < -0.4 is 15.8 Å². The number of rotatable bonds is 4. The van der Waals surface area contributed by atoms with E-state index in [2.05, 4.69) is 10.3 Å². The van der Waals surface area contributed by atoms with Crippen molar-refractivity contribution in [3.8, 4) is 0 Å². The van der Waals surface area contributed by atoms with Crippen molar-refractivity contribution in [2.75, 3.05) is 36.4 Å². The third-order valence-electron chi connectivity index (χ3n) is 6.34. The Labute approximate surface area is 206 Å². The zero-order chi connectivity index (χ0) is 25.2. The zero-order valence-corrected chi connectivity index (χ0v) is 19.7. The van der Waals surface area contributed by atoms with Gasteiger partial charge in [0.2, 0.25) is 0 Å². The second-order valence-electron chi connectivity index (χ2n) is 8.83. The monoisotopic (exact) mass is 489 g/mol. The van der Waals surface area contributed by atoms with Gasteiger partial charge in [-0.3, -0.25) is 9.36 Å². The van der Waals surface area contributed by atoms with Crippen LogP contribution in [-0.4, -0.2) is 46.7 Å². The average Bonchev–Trinajstić information content (AvgIpc) is 2.88. The fourth-order valence-electron chi connectivity index (χ4n) is 4.32. The first-order valence-corrected chi connectivity index (χ1v) is 11.7. The zero-order valence-electron chi connectivity index (χ0n) is 19.7. The average molecular weight is 490 g/mol. The number of carbonyl (C=O) groups excluding carboxylic acids is 1. The molecule has 0 atom stereocenters. The second kappa shape index (κ2) is 9.77. The number of piperazine rings is 1. The SMILES string of the molecule is Cc1ccc(Cn2c(=O)c(N3CCN(C(=O)Nc4ccc(F)cc4F)CC3)nc3ccccc32)cc1. The minimum absolute atomic E-state index is 0.0842. The number of hydrogen-bond acceptors (Lipinski definition) is 4. The van der Waals surface area contributed by atoms with Gasteiger partial charge in [-0.15, -0.1) is 0 Å². The summed E-state index contributed by atoms with van der Waals surface area (Å²) < 4.78 is 28.8. The van der Waals surface area contributed by atoms with Crippen LogP contribution >= 0.6 is 0 Å². The van der Waals surface area contributed by atoms with Gasteiger partial charge < -0.3 is 15.1 Å². The van der Waals surface area contributed by atoms with Crippen LogP contribution in [0.15, 0.2) is 71.5 Å². The molecule has 9 heteroatoms. The molecule has 0 spiro atoms. The minimum Gasteiger partial charge on any atom is -0.348 e. The molecule has 7 nitrogen and oxygen atoms in total. The van der Waals surface area contributed by atoms with E-state index in [1.807, 2.05) is 60.4 Å². The summed E-state index contributed by atoms with van der Waals surface area (Å²) in [5.41, 5.74) is 3.35. The van der Waals surface area contributed by atoms with E-state index in [0.717, 1.165) is 28.8 Å². The standard InChI is InChI=1S/C27H25F2N5O2/c1-18-6-8-19(9-7-18)17-34-24-5-3-2-4-23(24)30-25(26(34)35)32-12-14-33(15-13-32)27(36)31-22-11-10-20(28)16-21(22)29/h2-11,16H,12-15,17H2,1H3,(H,31,36). The quantitative estimate of drug-likeness (QED) is 0.462. The molecule has 5 rings (SSSR count). The number of aromatic nitrogens is 2. The second-order valence-corrected chi connectivity index (χ2v) is 8.83. The largest absolute Gasteiger partial charge is 0.348 e. The maximum absolute atomic E-state index is 13.9. The number of anilines is 2. The maximum Gasteiger partial charge on any atom is 0.322 e. The molecule has 0 bridgehead atoms. The number of nitrogens with zero attached hydrogens (tertiary/aromatic N) is 4. The van der Waals surface area contributed by atoms with E-state index in [4.69, 9.17) is 0 Å². The molecule has 1 aromatic heterocycles. The van der Waals surface area contributed by atoms with Crippen molar-refractivity contribution in [2.45, 2.75) is 13.5 Å². The van der Waals surface area contributed by atoms with Crippen molar-refractivity contribution in [3.05, 3.63) is 99.8 Å². The van der Waals surface area contributed by atoms with E-state index in [9.17, 15) is 18.4 Å². The lowest BCUT2D eigenvalue weighted by atomic mass is 10.1. The number of aryl methyl sites for hydroxylation is 1. The molecule has 0 unspecified atom stereocenters. The molecule has 2 heterocycles. The molecule has 36 heavy (non-hydrogen) atoms. The van der Waals surface area contributed by atoms with Crippen LogP contribution in [0.4, 0.5) is 25.1 Å². The Balaban J connectivity index is 1.36. The third kappa shape index (κ3) is 4.77. The van der Waals surface area contributed by atoms with Crippen molar-refractivity contribution < 1.29 is 13.6 Å². The van der Waals surface area contributed by atoms with Crippen LogP contribution in [0.2, 0.25) is 0 Å². The summed E-state index contributed by atoms with van der Waals surface area (Å²) in [4.78, 5) is 34.3. The number of fused-ring (bicyclic) bond motifs is 1. The lowest BCUT2D eigenvalue weighted by Gasteiger charge is -2.35. The summed E-state index contributed by atoms with van der Waals surface area (Å²) in [5.74, 6) is -1.21. The molecule has 1 aliphatic rings. The van der Waals surface area contributed by atoms with Gasteiger partial charge in [0.1, 0.15) is 11.6 Å². The molecule has 0 radical (unpaired) electrons. The number of urea groups is 1. The number of halogens is 2. The molecular formula is C27H25F2N5O2. The molecule has 0 aliphatic carbocycles. The minimum atomic E-state index is -0.837. The number of carbonyl (C=O) groups is 1. The highest BCUT2D eigenvalue weighted by Crippen LogP contribution is 2.19. The van der Waals surface area contributed by atoms with Crippen molar-refractivity contribution in [2.24, 2.45) is 0 Å². The van der Waals surface area contributed by atoms with Gasteiger partial charge in [0.15, 0.2) is 5.82 Å². The Morgan fingerprint density at radius 1 is 0.972 bits per heavy atom. The first kappa shape index (κ1) is 23.5. The van der Waals surface area contributed by atoms with Gasteiger partial charge >= 0.3 is 6.03 Å². The number of nitrogens with one attached hydrogen (secondary N) is 1. The number of hydrogen-bond donors (Lipinski definition) is 1. The van der Waals surface area contributed by atoms with Gasteiger partial charge in [0.05, 0.1) is 23.3 Å². The molecule has 3 aromatic carbocycles. The maximum atomic E-state index is 13.9. The summed E-state index contributed by atoms with van der Waals surface area (Å²) >= 11 is 0. The Morgan fingerprint density at radius 3 is 2.42 bits per heavy atom. The highest BCUT2D eigenvalue weighted by molar-refractivity contribution is 5.89. The number of benzene rings is 3. The van der Waals surface area contributed by atoms with Crippen LogP contribution in [0, 0.1) is 18.6 Å². The van der Waals surface area contributed by atoms with Gasteiger partial charge in [0, 0.05) is 32.2 Å². The molecule has 0 saturated carbocycles. The van der Waals surface area contributed by atoms with E-state index in [0.29, 0.717) is 44.1 Å². The topological polar surface area (TPSA) is 70.5 Å². The van der Waals surface area contributed by atoms with Crippen LogP contribution in [0.25, 0.3) is 11.0 Å². The predicted molar refractivity (Wildman–Crippen MR) is 135 cm³/mol. The number of para-hydroxylation sites is 2. The molecule has 4 aromatic rings. The molecule has 1 N–H and O–H groups in total. The fraction of sp³-hybridized carbons (Fsp3) is 0.222. The third-order valence-corrected chi connectivity index (χ3v) is 6.34. The first-order valence-electron chi connectivity index (χ1n) is 11.7. The Morgan fingerprint density at radius 2 is 1.69 bits per heavy atom.